The summed E-state index contributed by atoms with van der Waals surface area (Å²) in [5.74, 6) is 1.85. The van der Waals surface area contributed by atoms with Gasteiger partial charge in [0.15, 0.2) is 5.79 Å². The van der Waals surface area contributed by atoms with E-state index in [2.05, 4.69) is 39.5 Å². The molecule has 2 heterocycles. The van der Waals surface area contributed by atoms with E-state index in [0.29, 0.717) is 11.3 Å². The van der Waals surface area contributed by atoms with Crippen molar-refractivity contribution in [3.63, 3.8) is 0 Å². The van der Waals surface area contributed by atoms with Crippen molar-refractivity contribution in [2.75, 3.05) is 26.2 Å². The van der Waals surface area contributed by atoms with Gasteiger partial charge in [-0.15, -0.1) is 0 Å². The molecule has 3 nitrogen and oxygen atoms in total. The molecule has 3 rings (SSSR count). The quantitative estimate of drug-likeness (QED) is 0.756. The topological polar surface area (TPSA) is 21.7 Å². The molecule has 1 aliphatic carbocycles. The Morgan fingerprint density at radius 2 is 1.96 bits per heavy atom. The van der Waals surface area contributed by atoms with Crippen LogP contribution in [0.15, 0.2) is 0 Å². The molecule has 5 atom stereocenters. The van der Waals surface area contributed by atoms with Crippen molar-refractivity contribution in [1.29, 1.82) is 0 Å². The minimum atomic E-state index is -0.284. The smallest absolute Gasteiger partial charge is 0.171 e. The van der Waals surface area contributed by atoms with E-state index in [0.717, 1.165) is 31.4 Å². The summed E-state index contributed by atoms with van der Waals surface area (Å²) in [6.07, 6.45) is 6.53. The summed E-state index contributed by atoms with van der Waals surface area (Å²) in [4.78, 5) is 2.59. The molecule has 0 amide bonds. The first kappa shape index (κ1) is 17.7. The van der Waals surface area contributed by atoms with Gasteiger partial charge in [0, 0.05) is 25.4 Å². The van der Waals surface area contributed by atoms with Crippen LogP contribution in [0.25, 0.3) is 0 Å². The number of nitrogens with zero attached hydrogens (tertiary/aromatic N) is 1. The first-order valence-electron chi connectivity index (χ1n) is 9.82. The molecule has 0 radical (unpaired) electrons. The molecule has 5 unspecified atom stereocenters. The minimum Gasteiger partial charge on any atom is -0.347 e. The lowest BCUT2D eigenvalue weighted by Gasteiger charge is -2.45. The molecule has 0 N–H and O–H groups in total. The van der Waals surface area contributed by atoms with E-state index >= 15 is 0 Å². The number of rotatable bonds is 2. The fraction of sp³-hybridized carbons (Fsp3) is 1.00. The molecule has 1 spiro atoms. The monoisotopic (exact) mass is 323 g/mol. The summed E-state index contributed by atoms with van der Waals surface area (Å²) < 4.78 is 12.8. The summed E-state index contributed by atoms with van der Waals surface area (Å²) in [7, 11) is 0. The Labute approximate surface area is 143 Å². The molecule has 2 aliphatic heterocycles. The van der Waals surface area contributed by atoms with Gasteiger partial charge in [-0.05, 0) is 49.5 Å². The normalized spacial score (nSPS) is 43.2. The van der Waals surface area contributed by atoms with Crippen LogP contribution in [0.5, 0.6) is 0 Å². The van der Waals surface area contributed by atoms with Crippen molar-refractivity contribution in [3.8, 4) is 0 Å². The van der Waals surface area contributed by atoms with Crippen molar-refractivity contribution in [3.05, 3.63) is 0 Å². The fourth-order valence-corrected chi connectivity index (χ4v) is 4.94. The van der Waals surface area contributed by atoms with Crippen molar-refractivity contribution >= 4 is 0 Å². The van der Waals surface area contributed by atoms with Crippen LogP contribution in [0.4, 0.5) is 0 Å². The van der Waals surface area contributed by atoms with Crippen LogP contribution in [0.1, 0.15) is 66.7 Å². The van der Waals surface area contributed by atoms with Gasteiger partial charge in [0.2, 0.25) is 0 Å². The van der Waals surface area contributed by atoms with Crippen LogP contribution in [0, 0.1) is 23.2 Å². The fourth-order valence-electron chi connectivity index (χ4n) is 4.94. The second-order valence-corrected chi connectivity index (χ2v) is 9.61. The van der Waals surface area contributed by atoms with Crippen molar-refractivity contribution in [2.45, 2.75) is 78.6 Å². The van der Waals surface area contributed by atoms with Gasteiger partial charge in [-0.25, -0.2) is 0 Å². The van der Waals surface area contributed by atoms with Gasteiger partial charge in [-0.2, -0.15) is 0 Å². The molecular weight excluding hydrogens is 286 g/mol. The van der Waals surface area contributed by atoms with E-state index in [4.69, 9.17) is 9.47 Å². The van der Waals surface area contributed by atoms with Gasteiger partial charge in [-0.1, -0.05) is 34.6 Å². The number of hydrogen-bond donors (Lipinski definition) is 0. The number of ether oxygens (including phenoxy) is 2. The third-order valence-electron chi connectivity index (χ3n) is 6.54. The molecule has 0 bridgehead atoms. The van der Waals surface area contributed by atoms with Crippen LogP contribution in [-0.2, 0) is 9.47 Å². The summed E-state index contributed by atoms with van der Waals surface area (Å²) >= 11 is 0. The molecule has 3 fully saturated rings. The van der Waals surface area contributed by atoms with Gasteiger partial charge in [0.1, 0.15) is 0 Å². The maximum Gasteiger partial charge on any atom is 0.171 e. The Bertz CT molecular complexity index is 405. The largest absolute Gasteiger partial charge is 0.347 e. The van der Waals surface area contributed by atoms with Gasteiger partial charge in [-0.3, -0.25) is 0 Å². The van der Waals surface area contributed by atoms with E-state index in [-0.39, 0.29) is 11.9 Å². The zero-order valence-electron chi connectivity index (χ0n) is 15.9. The number of hydrogen-bond acceptors (Lipinski definition) is 3. The molecule has 0 aromatic heterocycles. The number of piperidine rings is 1. The standard InChI is InChI=1S/C20H37NO2/c1-15-7-6-10-21(12-15)13-18-14-22-20(23-18)9-8-17(11-16(20)2)19(3,4)5/h15-18H,6-14H2,1-5H3. The summed E-state index contributed by atoms with van der Waals surface area (Å²) in [6.45, 7) is 16.1. The van der Waals surface area contributed by atoms with Crippen LogP contribution in [-0.4, -0.2) is 43.0 Å². The van der Waals surface area contributed by atoms with E-state index in [1.807, 2.05) is 0 Å². The molecule has 0 aromatic rings. The Kier molecular flexibility index (Phi) is 5.11. The van der Waals surface area contributed by atoms with Crippen molar-refractivity contribution in [1.82, 2.24) is 4.90 Å². The van der Waals surface area contributed by atoms with Crippen LogP contribution in [0.2, 0.25) is 0 Å². The highest BCUT2D eigenvalue weighted by Crippen LogP contribution is 2.48. The first-order valence-corrected chi connectivity index (χ1v) is 9.82. The van der Waals surface area contributed by atoms with Crippen molar-refractivity contribution < 1.29 is 9.47 Å². The Morgan fingerprint density at radius 1 is 1.17 bits per heavy atom. The molecule has 23 heavy (non-hydrogen) atoms. The predicted molar refractivity (Wildman–Crippen MR) is 94.4 cm³/mol. The zero-order chi connectivity index (χ0) is 16.7. The van der Waals surface area contributed by atoms with Gasteiger partial charge in [0.25, 0.3) is 0 Å². The van der Waals surface area contributed by atoms with Crippen LogP contribution >= 0.6 is 0 Å². The minimum absolute atomic E-state index is 0.272. The van der Waals surface area contributed by atoms with E-state index in [1.54, 1.807) is 0 Å². The zero-order valence-corrected chi connectivity index (χ0v) is 15.9. The third-order valence-corrected chi connectivity index (χ3v) is 6.54. The second kappa shape index (κ2) is 6.65. The van der Waals surface area contributed by atoms with Gasteiger partial charge >= 0.3 is 0 Å². The second-order valence-electron chi connectivity index (χ2n) is 9.61. The van der Waals surface area contributed by atoms with Crippen LogP contribution < -0.4 is 0 Å². The van der Waals surface area contributed by atoms with E-state index < -0.39 is 0 Å². The summed E-state index contributed by atoms with van der Waals surface area (Å²) in [6, 6.07) is 0. The summed E-state index contributed by atoms with van der Waals surface area (Å²) in [5, 5.41) is 0. The third kappa shape index (κ3) is 3.93. The van der Waals surface area contributed by atoms with E-state index in [9.17, 15) is 0 Å². The molecule has 2 saturated heterocycles. The van der Waals surface area contributed by atoms with Gasteiger partial charge < -0.3 is 14.4 Å². The SMILES string of the molecule is CC1CCCN(CC2COC3(CCC(C(C)(C)C)CC3C)O2)C1. The highest BCUT2D eigenvalue weighted by atomic mass is 16.7. The summed E-state index contributed by atoms with van der Waals surface area (Å²) in [5.41, 5.74) is 0.401. The lowest BCUT2D eigenvalue weighted by molar-refractivity contribution is -0.228. The number of likely N-dealkylation sites (tertiary alicyclic amines) is 1. The predicted octanol–water partition coefficient (Wildman–Crippen LogP) is 4.31. The van der Waals surface area contributed by atoms with Gasteiger partial charge in [0.05, 0.1) is 12.7 Å². The Morgan fingerprint density at radius 3 is 2.61 bits per heavy atom. The Hall–Kier alpha value is -0.120. The highest BCUT2D eigenvalue weighted by molar-refractivity contribution is 4.93. The maximum atomic E-state index is 6.54. The Balaban J connectivity index is 1.54. The lowest BCUT2D eigenvalue weighted by Crippen LogP contribution is -2.46. The molecule has 3 aliphatic rings. The first-order chi connectivity index (χ1) is 10.8. The highest BCUT2D eigenvalue weighted by Gasteiger charge is 2.50. The molecule has 3 heteroatoms. The average Bonchev–Trinajstić information content (AvgIpc) is 2.85. The average molecular weight is 324 g/mol. The molecule has 1 saturated carbocycles. The van der Waals surface area contributed by atoms with Crippen molar-refractivity contribution in [2.24, 2.45) is 23.2 Å². The van der Waals surface area contributed by atoms with Crippen LogP contribution in [0.3, 0.4) is 0 Å². The molecule has 134 valence electrons. The maximum absolute atomic E-state index is 6.54. The molecule has 0 aromatic carbocycles. The lowest BCUT2D eigenvalue weighted by atomic mass is 9.67. The van der Waals surface area contributed by atoms with E-state index in [1.165, 1.54) is 38.8 Å². The molecular formula is C20H37NO2.